The van der Waals surface area contributed by atoms with E-state index in [1.54, 1.807) is 0 Å². The number of halogens is 1. The summed E-state index contributed by atoms with van der Waals surface area (Å²) in [5.74, 6) is 0. The minimum Gasteiger partial charge on any atom is -0.275 e. The van der Waals surface area contributed by atoms with Gasteiger partial charge in [-0.15, -0.1) is 11.6 Å². The maximum Gasteiger partial charge on any atom is 0.0564 e. The smallest absolute Gasteiger partial charge is 0.0564 e. The molecule has 0 aliphatic heterocycles. The Bertz CT molecular complexity index is 314. The Hall–Kier alpha value is -0.760. The molecule has 0 N–H and O–H groups in total. The second kappa shape index (κ2) is 2.94. The number of aromatic nitrogens is 2. The molecule has 3 heteroatoms. The van der Waals surface area contributed by atoms with Gasteiger partial charge in [-0.25, -0.2) is 0 Å². The summed E-state index contributed by atoms with van der Waals surface area (Å²) in [6.45, 7) is 0. The van der Waals surface area contributed by atoms with Crippen LogP contribution in [0.3, 0.4) is 0 Å². The lowest BCUT2D eigenvalue weighted by atomic mass is 10.1. The largest absolute Gasteiger partial charge is 0.275 e. The van der Waals surface area contributed by atoms with Crippen LogP contribution in [0.5, 0.6) is 0 Å². The second-order valence-corrected chi connectivity index (χ2v) is 3.71. The quantitative estimate of drug-likeness (QED) is 0.609. The summed E-state index contributed by atoms with van der Waals surface area (Å²) in [7, 11) is 1.93. The van der Waals surface area contributed by atoms with Crippen molar-refractivity contribution in [2.24, 2.45) is 7.05 Å². The summed E-state index contributed by atoms with van der Waals surface area (Å²) < 4.78 is 1.82. The van der Waals surface area contributed by atoms with Crippen LogP contribution in [0.2, 0.25) is 0 Å². The third-order valence-corrected chi connectivity index (χ3v) is 2.49. The van der Waals surface area contributed by atoms with Gasteiger partial charge in [0.2, 0.25) is 0 Å². The first-order valence-corrected chi connectivity index (χ1v) is 4.53. The zero-order chi connectivity index (χ0) is 8.55. The van der Waals surface area contributed by atoms with Crippen LogP contribution < -0.4 is 0 Å². The number of alkyl halides is 1. The molecule has 12 heavy (non-hydrogen) atoms. The fourth-order valence-electron chi connectivity index (χ4n) is 1.51. The van der Waals surface area contributed by atoms with Crippen LogP contribution in [-0.4, -0.2) is 15.2 Å². The number of aryl methyl sites for hydroxylation is 1. The molecule has 1 heterocycles. The highest BCUT2D eigenvalue weighted by Gasteiger charge is 2.14. The molecular weight excluding hydrogens is 172 g/mol. The minimum atomic E-state index is 0.222. The molecule has 1 aliphatic rings. The van der Waals surface area contributed by atoms with Gasteiger partial charge in [-0.3, -0.25) is 4.68 Å². The predicted molar refractivity (Wildman–Crippen MR) is 50.1 cm³/mol. The number of allylic oxidation sites excluding steroid dienone is 2. The molecule has 0 bridgehead atoms. The Morgan fingerprint density at radius 3 is 3.00 bits per heavy atom. The maximum absolute atomic E-state index is 5.96. The number of hydrogen-bond donors (Lipinski definition) is 0. The van der Waals surface area contributed by atoms with E-state index in [0.29, 0.717) is 0 Å². The highest BCUT2D eigenvalue weighted by atomic mass is 35.5. The molecule has 1 aromatic rings. The van der Waals surface area contributed by atoms with Gasteiger partial charge in [0.1, 0.15) is 0 Å². The van der Waals surface area contributed by atoms with Gasteiger partial charge < -0.3 is 0 Å². The Balaban J connectivity index is 2.26. The van der Waals surface area contributed by atoms with Crippen LogP contribution in [0.1, 0.15) is 18.4 Å². The van der Waals surface area contributed by atoms with Crippen molar-refractivity contribution in [1.82, 2.24) is 9.78 Å². The fraction of sp³-hybridized carbons (Fsp3) is 0.444. The second-order valence-electron chi connectivity index (χ2n) is 3.15. The molecule has 0 radical (unpaired) electrons. The van der Waals surface area contributed by atoms with Crippen molar-refractivity contribution in [2.75, 3.05) is 0 Å². The van der Waals surface area contributed by atoms with Crippen molar-refractivity contribution in [1.29, 1.82) is 0 Å². The zero-order valence-corrected chi connectivity index (χ0v) is 7.75. The molecule has 0 spiro atoms. The molecule has 1 atom stereocenters. The summed E-state index contributed by atoms with van der Waals surface area (Å²) in [5.41, 5.74) is 2.55. The lowest BCUT2D eigenvalue weighted by molar-refractivity contribution is 0.767. The van der Waals surface area contributed by atoms with Gasteiger partial charge in [0, 0.05) is 18.8 Å². The minimum absolute atomic E-state index is 0.222. The highest BCUT2D eigenvalue weighted by Crippen LogP contribution is 2.29. The Labute approximate surface area is 76.8 Å². The first-order valence-electron chi connectivity index (χ1n) is 4.09. The van der Waals surface area contributed by atoms with E-state index in [9.17, 15) is 0 Å². The van der Waals surface area contributed by atoms with Crippen molar-refractivity contribution in [3.63, 3.8) is 0 Å². The maximum atomic E-state index is 5.96. The first kappa shape index (κ1) is 7.87. The Morgan fingerprint density at radius 2 is 2.50 bits per heavy atom. The molecule has 0 aromatic carbocycles. The summed E-state index contributed by atoms with van der Waals surface area (Å²) in [4.78, 5) is 0. The molecular formula is C9H11ClN2. The highest BCUT2D eigenvalue weighted by molar-refractivity contribution is 6.22. The van der Waals surface area contributed by atoms with E-state index in [1.807, 2.05) is 24.1 Å². The van der Waals surface area contributed by atoms with E-state index < -0.39 is 0 Å². The lowest BCUT2D eigenvalue weighted by Crippen LogP contribution is -1.84. The van der Waals surface area contributed by atoms with E-state index in [-0.39, 0.29) is 5.38 Å². The van der Waals surface area contributed by atoms with E-state index in [4.69, 9.17) is 11.6 Å². The monoisotopic (exact) mass is 182 g/mol. The van der Waals surface area contributed by atoms with Gasteiger partial charge in [0.15, 0.2) is 0 Å². The summed E-state index contributed by atoms with van der Waals surface area (Å²) in [6.07, 6.45) is 8.19. The number of hydrogen-bond acceptors (Lipinski definition) is 1. The summed E-state index contributed by atoms with van der Waals surface area (Å²) in [6, 6.07) is 0. The average Bonchev–Trinajstić information content (AvgIpc) is 2.58. The molecule has 1 aliphatic carbocycles. The van der Waals surface area contributed by atoms with Crippen LogP contribution in [0.4, 0.5) is 0 Å². The van der Waals surface area contributed by atoms with Gasteiger partial charge >= 0.3 is 0 Å². The zero-order valence-electron chi connectivity index (χ0n) is 7.00. The Morgan fingerprint density at radius 1 is 1.67 bits per heavy atom. The van der Waals surface area contributed by atoms with E-state index in [0.717, 1.165) is 12.8 Å². The average molecular weight is 183 g/mol. The van der Waals surface area contributed by atoms with E-state index in [2.05, 4.69) is 11.2 Å². The number of rotatable bonds is 1. The third kappa shape index (κ3) is 1.39. The lowest BCUT2D eigenvalue weighted by Gasteiger charge is -1.93. The molecule has 0 amide bonds. The molecule has 1 aromatic heterocycles. The van der Waals surface area contributed by atoms with E-state index >= 15 is 0 Å². The number of nitrogens with zero attached hydrogens (tertiary/aromatic N) is 2. The SMILES string of the molecule is Cn1cc(C2=CC(Cl)CC2)cn1. The molecule has 2 rings (SSSR count). The van der Waals surface area contributed by atoms with Crippen molar-refractivity contribution in [2.45, 2.75) is 18.2 Å². The van der Waals surface area contributed by atoms with Crippen molar-refractivity contribution in [3.05, 3.63) is 24.0 Å². The summed E-state index contributed by atoms with van der Waals surface area (Å²) >= 11 is 5.96. The van der Waals surface area contributed by atoms with Crippen molar-refractivity contribution < 1.29 is 0 Å². The van der Waals surface area contributed by atoms with Crippen molar-refractivity contribution in [3.8, 4) is 0 Å². The van der Waals surface area contributed by atoms with Crippen LogP contribution in [0, 0.1) is 0 Å². The normalized spacial score (nSPS) is 22.8. The molecule has 0 saturated carbocycles. The standard InChI is InChI=1S/C9H11ClN2/c1-12-6-8(5-11-12)7-2-3-9(10)4-7/h4-6,9H,2-3H2,1H3. The van der Waals surface area contributed by atoms with Gasteiger partial charge in [-0.1, -0.05) is 6.08 Å². The van der Waals surface area contributed by atoms with Crippen LogP contribution in [0.15, 0.2) is 18.5 Å². The Kier molecular flexibility index (Phi) is 1.93. The van der Waals surface area contributed by atoms with Crippen LogP contribution in [-0.2, 0) is 7.05 Å². The van der Waals surface area contributed by atoms with Crippen LogP contribution >= 0.6 is 11.6 Å². The van der Waals surface area contributed by atoms with Crippen molar-refractivity contribution >= 4 is 17.2 Å². The first-order chi connectivity index (χ1) is 5.75. The molecule has 64 valence electrons. The molecule has 2 nitrogen and oxygen atoms in total. The van der Waals surface area contributed by atoms with Gasteiger partial charge in [0.05, 0.1) is 11.6 Å². The van der Waals surface area contributed by atoms with E-state index in [1.165, 1.54) is 11.1 Å². The predicted octanol–water partition coefficient (Wildman–Crippen LogP) is 2.20. The molecule has 1 unspecified atom stereocenters. The molecule has 0 fully saturated rings. The third-order valence-electron chi connectivity index (χ3n) is 2.15. The van der Waals surface area contributed by atoms with Gasteiger partial charge in [-0.05, 0) is 18.4 Å². The molecule has 0 saturated heterocycles. The topological polar surface area (TPSA) is 17.8 Å². The fourth-order valence-corrected chi connectivity index (χ4v) is 1.77. The van der Waals surface area contributed by atoms with Gasteiger partial charge in [0.25, 0.3) is 0 Å². The summed E-state index contributed by atoms with van der Waals surface area (Å²) in [5, 5.41) is 4.34. The van der Waals surface area contributed by atoms with Crippen LogP contribution in [0.25, 0.3) is 5.57 Å². The van der Waals surface area contributed by atoms with Gasteiger partial charge in [-0.2, -0.15) is 5.10 Å².